The summed E-state index contributed by atoms with van der Waals surface area (Å²) in [5.41, 5.74) is 0. The molecule has 0 aliphatic carbocycles. The smallest absolute Gasteiger partial charge is 0.241 e. The molecule has 0 bridgehead atoms. The van der Waals surface area contributed by atoms with Gasteiger partial charge in [0.25, 0.3) is 0 Å². The van der Waals surface area contributed by atoms with Crippen LogP contribution in [0.4, 0.5) is 0 Å². The molecular formula is C9H10NO4S2-. The van der Waals surface area contributed by atoms with Crippen LogP contribution in [0.2, 0.25) is 0 Å². The Morgan fingerprint density at radius 2 is 2.06 bits per heavy atom. The molecule has 0 saturated heterocycles. The number of sulfonamides is 1. The molecule has 0 unspecified atom stereocenters. The van der Waals surface area contributed by atoms with Crippen molar-refractivity contribution in [3.8, 4) is 0 Å². The fourth-order valence-electron chi connectivity index (χ4n) is 1.04. The first-order valence-corrected chi connectivity index (χ1v) is 6.79. The summed E-state index contributed by atoms with van der Waals surface area (Å²) in [7, 11) is -2.26. The Morgan fingerprint density at radius 1 is 1.44 bits per heavy atom. The molecule has 0 aliphatic heterocycles. The standard InChI is InChI=1S/C9H11NO4S2/c1-10-16(13,14)8-5-3-2-4-7(8)15-6-9(11)12/h2-5,10H,6H2,1H3,(H,11,12)/p-1. The SMILES string of the molecule is CNS(=O)(=O)c1ccccc1SCC(=O)[O-]. The molecular weight excluding hydrogens is 250 g/mol. The highest BCUT2D eigenvalue weighted by atomic mass is 32.2. The molecule has 0 heterocycles. The lowest BCUT2D eigenvalue weighted by atomic mass is 10.4. The zero-order chi connectivity index (χ0) is 12.2. The summed E-state index contributed by atoms with van der Waals surface area (Å²) in [4.78, 5) is 10.8. The Labute approximate surface area is 97.9 Å². The van der Waals surface area contributed by atoms with E-state index in [1.54, 1.807) is 18.2 Å². The fourth-order valence-corrected chi connectivity index (χ4v) is 3.01. The maximum Gasteiger partial charge on any atom is 0.241 e. The molecule has 1 rings (SSSR count). The van der Waals surface area contributed by atoms with Gasteiger partial charge in [0, 0.05) is 10.6 Å². The number of aliphatic carboxylic acids is 1. The zero-order valence-electron chi connectivity index (χ0n) is 8.47. The second-order valence-corrected chi connectivity index (χ2v) is 5.69. The van der Waals surface area contributed by atoms with Gasteiger partial charge < -0.3 is 9.90 Å². The third kappa shape index (κ3) is 3.22. The van der Waals surface area contributed by atoms with Crippen LogP contribution in [0, 0.1) is 0 Å². The monoisotopic (exact) mass is 260 g/mol. The van der Waals surface area contributed by atoms with Gasteiger partial charge in [0.2, 0.25) is 10.0 Å². The highest BCUT2D eigenvalue weighted by Crippen LogP contribution is 2.25. The Hall–Kier alpha value is -1.05. The minimum Gasteiger partial charge on any atom is -0.549 e. The Balaban J connectivity index is 3.06. The molecule has 0 fully saturated rings. The molecule has 7 heteroatoms. The molecule has 5 nitrogen and oxygen atoms in total. The van der Waals surface area contributed by atoms with E-state index in [1.165, 1.54) is 13.1 Å². The van der Waals surface area contributed by atoms with Crippen molar-refractivity contribution >= 4 is 27.8 Å². The number of hydrogen-bond donors (Lipinski definition) is 1. The highest BCUT2D eigenvalue weighted by molar-refractivity contribution is 8.00. The minimum atomic E-state index is -3.56. The van der Waals surface area contributed by atoms with E-state index >= 15 is 0 Å². The topological polar surface area (TPSA) is 86.3 Å². The summed E-state index contributed by atoms with van der Waals surface area (Å²) in [6, 6.07) is 6.20. The number of carbonyl (C=O) groups excluding carboxylic acids is 1. The quantitative estimate of drug-likeness (QED) is 0.717. The Kier molecular flexibility index (Phi) is 4.34. The molecule has 0 spiro atoms. The van der Waals surface area contributed by atoms with Gasteiger partial charge in [0.1, 0.15) is 0 Å². The van der Waals surface area contributed by atoms with E-state index in [1.807, 2.05) is 0 Å². The van der Waals surface area contributed by atoms with Gasteiger partial charge in [0.05, 0.1) is 10.9 Å². The van der Waals surface area contributed by atoms with Gasteiger partial charge in [-0.05, 0) is 19.2 Å². The van der Waals surface area contributed by atoms with Gasteiger partial charge in [-0.3, -0.25) is 0 Å². The summed E-state index contributed by atoms with van der Waals surface area (Å²) in [6.07, 6.45) is 0. The largest absolute Gasteiger partial charge is 0.549 e. The van der Waals surface area contributed by atoms with Crippen molar-refractivity contribution in [3.63, 3.8) is 0 Å². The lowest BCUT2D eigenvalue weighted by Gasteiger charge is -2.09. The van der Waals surface area contributed by atoms with Gasteiger partial charge in [-0.2, -0.15) is 0 Å². The molecule has 88 valence electrons. The molecule has 16 heavy (non-hydrogen) atoms. The molecule has 0 aromatic heterocycles. The number of rotatable bonds is 5. The van der Waals surface area contributed by atoms with Gasteiger partial charge >= 0.3 is 0 Å². The fraction of sp³-hybridized carbons (Fsp3) is 0.222. The van der Waals surface area contributed by atoms with Crippen molar-refractivity contribution in [2.45, 2.75) is 9.79 Å². The maximum atomic E-state index is 11.6. The van der Waals surface area contributed by atoms with Crippen LogP contribution in [0.3, 0.4) is 0 Å². The van der Waals surface area contributed by atoms with Gasteiger partial charge in [-0.15, -0.1) is 11.8 Å². The van der Waals surface area contributed by atoms with Gasteiger partial charge in [-0.1, -0.05) is 12.1 Å². The molecule has 0 amide bonds. The third-order valence-corrected chi connectivity index (χ3v) is 4.40. The first kappa shape index (κ1) is 13.0. The maximum absolute atomic E-state index is 11.6. The number of hydrogen-bond acceptors (Lipinski definition) is 5. The zero-order valence-corrected chi connectivity index (χ0v) is 10.1. The van der Waals surface area contributed by atoms with Crippen LogP contribution >= 0.6 is 11.8 Å². The van der Waals surface area contributed by atoms with Crippen LogP contribution in [0.25, 0.3) is 0 Å². The van der Waals surface area contributed by atoms with E-state index in [0.717, 1.165) is 11.8 Å². The summed E-state index contributed by atoms with van der Waals surface area (Å²) in [6.45, 7) is 0. The number of nitrogens with one attached hydrogen (secondary N) is 1. The van der Waals surface area contributed by atoms with Gasteiger partial charge in [0.15, 0.2) is 0 Å². The van der Waals surface area contributed by atoms with Crippen LogP contribution in [0.1, 0.15) is 0 Å². The lowest BCUT2D eigenvalue weighted by molar-refractivity contribution is -0.301. The summed E-state index contributed by atoms with van der Waals surface area (Å²) >= 11 is 0.916. The van der Waals surface area contributed by atoms with Crippen LogP contribution in [0.5, 0.6) is 0 Å². The van der Waals surface area contributed by atoms with E-state index < -0.39 is 16.0 Å². The number of benzene rings is 1. The first-order chi connectivity index (χ1) is 7.47. The van der Waals surface area contributed by atoms with Crippen molar-refractivity contribution in [2.75, 3.05) is 12.8 Å². The molecule has 1 N–H and O–H groups in total. The second kappa shape index (κ2) is 5.33. The van der Waals surface area contributed by atoms with E-state index in [9.17, 15) is 18.3 Å². The van der Waals surface area contributed by atoms with E-state index in [2.05, 4.69) is 4.72 Å². The van der Waals surface area contributed by atoms with Crippen molar-refractivity contribution in [2.24, 2.45) is 0 Å². The average molecular weight is 260 g/mol. The van der Waals surface area contributed by atoms with Crippen LogP contribution in [0.15, 0.2) is 34.1 Å². The second-order valence-electron chi connectivity index (χ2n) is 2.81. The number of carbonyl (C=O) groups is 1. The van der Waals surface area contributed by atoms with Gasteiger partial charge in [-0.25, -0.2) is 13.1 Å². The lowest BCUT2D eigenvalue weighted by Crippen LogP contribution is -2.24. The molecule has 0 atom stereocenters. The van der Waals surface area contributed by atoms with Crippen LogP contribution in [-0.4, -0.2) is 27.2 Å². The number of carboxylic acids is 1. The van der Waals surface area contributed by atoms with E-state index in [4.69, 9.17) is 0 Å². The van der Waals surface area contributed by atoms with Crippen molar-refractivity contribution in [1.29, 1.82) is 0 Å². The average Bonchev–Trinajstić information content (AvgIpc) is 2.26. The van der Waals surface area contributed by atoms with E-state index in [-0.39, 0.29) is 10.6 Å². The molecule has 0 aliphatic rings. The van der Waals surface area contributed by atoms with Crippen molar-refractivity contribution in [1.82, 2.24) is 4.72 Å². The molecule has 0 radical (unpaired) electrons. The molecule has 1 aromatic carbocycles. The molecule has 0 saturated carbocycles. The summed E-state index contributed by atoms with van der Waals surface area (Å²) in [5.74, 6) is -1.52. The third-order valence-electron chi connectivity index (χ3n) is 1.75. The predicted octanol–water partition coefficient (Wildman–Crippen LogP) is -0.563. The highest BCUT2D eigenvalue weighted by Gasteiger charge is 2.15. The minimum absolute atomic E-state index is 0.0729. The Morgan fingerprint density at radius 3 is 2.62 bits per heavy atom. The van der Waals surface area contributed by atoms with Crippen LogP contribution < -0.4 is 9.83 Å². The van der Waals surface area contributed by atoms with Crippen molar-refractivity contribution in [3.05, 3.63) is 24.3 Å². The normalized spacial score (nSPS) is 11.3. The van der Waals surface area contributed by atoms with Crippen LogP contribution in [-0.2, 0) is 14.8 Å². The number of carboxylic acid groups (broad SMARTS) is 1. The summed E-state index contributed by atoms with van der Waals surface area (Å²) < 4.78 is 25.3. The predicted molar refractivity (Wildman–Crippen MR) is 58.4 cm³/mol. The van der Waals surface area contributed by atoms with E-state index in [0.29, 0.717) is 4.90 Å². The Bertz CT molecular complexity index is 484. The number of thioether (sulfide) groups is 1. The van der Waals surface area contributed by atoms with Crippen molar-refractivity contribution < 1.29 is 18.3 Å². The first-order valence-electron chi connectivity index (χ1n) is 4.32. The molecule has 1 aromatic rings. The summed E-state index contributed by atoms with van der Waals surface area (Å²) in [5, 5.41) is 10.3.